The fourth-order valence-corrected chi connectivity index (χ4v) is 2.73. The van der Waals surface area contributed by atoms with Gasteiger partial charge in [0.15, 0.2) is 6.61 Å². The van der Waals surface area contributed by atoms with Crippen molar-refractivity contribution in [3.63, 3.8) is 0 Å². The summed E-state index contributed by atoms with van der Waals surface area (Å²) in [6.07, 6.45) is 2.66. The molecular weight excluding hydrogens is 310 g/mol. The third kappa shape index (κ3) is 4.82. The quantitative estimate of drug-likeness (QED) is 0.617. The molecule has 6 heteroatoms. The second kappa shape index (κ2) is 7.78. The molecule has 0 atom stereocenters. The van der Waals surface area contributed by atoms with E-state index in [0.717, 1.165) is 29.2 Å². The van der Waals surface area contributed by atoms with E-state index < -0.39 is 0 Å². The molecule has 0 aliphatic carbocycles. The van der Waals surface area contributed by atoms with Gasteiger partial charge in [-0.2, -0.15) is 0 Å². The molecule has 0 N–H and O–H groups in total. The van der Waals surface area contributed by atoms with E-state index in [2.05, 4.69) is 15.2 Å². The van der Waals surface area contributed by atoms with Crippen molar-refractivity contribution >= 4 is 11.8 Å². The molecule has 0 radical (unpaired) electrons. The number of aryl methyl sites for hydroxylation is 2. The molecule has 0 bridgehead atoms. The van der Waals surface area contributed by atoms with Crippen LogP contribution in [0.25, 0.3) is 0 Å². The van der Waals surface area contributed by atoms with Gasteiger partial charge in [0.05, 0.1) is 0 Å². The van der Waals surface area contributed by atoms with Crippen LogP contribution in [0.5, 0.6) is 5.75 Å². The summed E-state index contributed by atoms with van der Waals surface area (Å²) < 4.78 is 11.2. The highest BCUT2D eigenvalue weighted by atomic mass is 32.2. The van der Waals surface area contributed by atoms with Crippen LogP contribution >= 0.6 is 11.8 Å². The van der Waals surface area contributed by atoms with Crippen molar-refractivity contribution in [1.82, 2.24) is 15.2 Å². The lowest BCUT2D eigenvalue weighted by molar-refractivity contribution is 0.252. The molecule has 0 unspecified atom stereocenters. The molecule has 2 aromatic heterocycles. The van der Waals surface area contributed by atoms with E-state index >= 15 is 0 Å². The van der Waals surface area contributed by atoms with Crippen molar-refractivity contribution in [3.05, 3.63) is 65.8 Å². The van der Waals surface area contributed by atoms with Gasteiger partial charge in [-0.3, -0.25) is 4.98 Å². The van der Waals surface area contributed by atoms with Gasteiger partial charge in [-0.15, -0.1) is 10.2 Å². The summed E-state index contributed by atoms with van der Waals surface area (Å²) in [6.45, 7) is 2.30. The zero-order valence-electron chi connectivity index (χ0n) is 12.8. The molecule has 23 heavy (non-hydrogen) atoms. The summed E-state index contributed by atoms with van der Waals surface area (Å²) in [5, 5.41) is 8.58. The summed E-state index contributed by atoms with van der Waals surface area (Å²) in [4.78, 5) is 4.29. The summed E-state index contributed by atoms with van der Waals surface area (Å²) in [7, 11) is 0. The molecule has 0 saturated heterocycles. The standard InChI is InChI=1S/C17H17N3O2S/c1-13-5-4-7-15(11-13)21-12-16-19-20-17(22-16)23-10-8-14-6-2-3-9-18-14/h2-7,9,11H,8,10,12H2,1H3. The van der Waals surface area contributed by atoms with Crippen LogP contribution in [0.3, 0.4) is 0 Å². The van der Waals surface area contributed by atoms with E-state index in [1.807, 2.05) is 49.4 Å². The highest BCUT2D eigenvalue weighted by Crippen LogP contribution is 2.19. The third-order valence-corrected chi connectivity index (χ3v) is 3.93. The van der Waals surface area contributed by atoms with Crippen LogP contribution in [-0.4, -0.2) is 20.9 Å². The Balaban J connectivity index is 1.46. The number of aromatic nitrogens is 3. The topological polar surface area (TPSA) is 61.0 Å². The van der Waals surface area contributed by atoms with Gasteiger partial charge in [0.1, 0.15) is 5.75 Å². The van der Waals surface area contributed by atoms with Gasteiger partial charge in [-0.05, 0) is 43.2 Å². The first-order valence-corrected chi connectivity index (χ1v) is 8.33. The minimum atomic E-state index is 0.275. The fourth-order valence-electron chi connectivity index (χ4n) is 1.99. The zero-order valence-corrected chi connectivity index (χ0v) is 13.6. The summed E-state index contributed by atoms with van der Waals surface area (Å²) in [5.41, 5.74) is 2.21. The molecule has 0 aliphatic rings. The van der Waals surface area contributed by atoms with E-state index in [1.54, 1.807) is 6.20 Å². The average Bonchev–Trinajstić information content (AvgIpc) is 3.02. The Morgan fingerprint density at radius 1 is 1.13 bits per heavy atom. The summed E-state index contributed by atoms with van der Waals surface area (Å²) >= 11 is 1.52. The normalized spacial score (nSPS) is 10.7. The molecule has 0 spiro atoms. The highest BCUT2D eigenvalue weighted by molar-refractivity contribution is 7.99. The molecule has 118 valence electrons. The maximum atomic E-state index is 5.64. The predicted octanol–water partition coefficient (Wildman–Crippen LogP) is 3.69. The van der Waals surface area contributed by atoms with E-state index in [-0.39, 0.29) is 6.61 Å². The van der Waals surface area contributed by atoms with Crippen LogP contribution < -0.4 is 4.74 Å². The first-order chi connectivity index (χ1) is 11.3. The second-order valence-electron chi connectivity index (χ2n) is 4.99. The van der Waals surface area contributed by atoms with Gasteiger partial charge >= 0.3 is 0 Å². The molecule has 3 rings (SSSR count). The van der Waals surface area contributed by atoms with Crippen LogP contribution in [-0.2, 0) is 13.0 Å². The lowest BCUT2D eigenvalue weighted by atomic mass is 10.2. The summed E-state index contributed by atoms with van der Waals surface area (Å²) in [5.74, 6) is 2.12. The van der Waals surface area contributed by atoms with Crippen molar-refractivity contribution in [2.45, 2.75) is 25.2 Å². The number of benzene rings is 1. The number of pyridine rings is 1. The molecule has 0 amide bonds. The van der Waals surface area contributed by atoms with Crippen molar-refractivity contribution in [3.8, 4) is 5.75 Å². The van der Waals surface area contributed by atoms with Crippen LogP contribution in [0.4, 0.5) is 0 Å². The van der Waals surface area contributed by atoms with Gasteiger partial charge in [0.25, 0.3) is 11.1 Å². The van der Waals surface area contributed by atoms with Crippen molar-refractivity contribution in [2.24, 2.45) is 0 Å². The van der Waals surface area contributed by atoms with Gasteiger partial charge in [0.2, 0.25) is 0 Å². The largest absolute Gasteiger partial charge is 0.484 e. The first kappa shape index (κ1) is 15.6. The number of nitrogens with zero attached hydrogens (tertiary/aromatic N) is 3. The third-order valence-electron chi connectivity index (χ3n) is 3.11. The lowest BCUT2D eigenvalue weighted by Crippen LogP contribution is -1.95. The van der Waals surface area contributed by atoms with Crippen molar-refractivity contribution < 1.29 is 9.15 Å². The summed E-state index contributed by atoms with van der Waals surface area (Å²) in [6, 6.07) is 13.8. The van der Waals surface area contributed by atoms with E-state index in [9.17, 15) is 0 Å². The highest BCUT2D eigenvalue weighted by Gasteiger charge is 2.08. The fraction of sp³-hybridized carbons (Fsp3) is 0.235. The van der Waals surface area contributed by atoms with E-state index in [0.29, 0.717) is 11.1 Å². The Morgan fingerprint density at radius 2 is 2.09 bits per heavy atom. The zero-order chi connectivity index (χ0) is 15.9. The molecule has 0 aliphatic heterocycles. The van der Waals surface area contributed by atoms with Crippen molar-refractivity contribution in [2.75, 3.05) is 5.75 Å². The van der Waals surface area contributed by atoms with Gasteiger partial charge < -0.3 is 9.15 Å². The molecule has 0 saturated carbocycles. The van der Waals surface area contributed by atoms with Gasteiger partial charge in [-0.1, -0.05) is 30.0 Å². The first-order valence-electron chi connectivity index (χ1n) is 7.34. The minimum absolute atomic E-state index is 0.275. The average molecular weight is 327 g/mol. The molecule has 5 nitrogen and oxygen atoms in total. The Kier molecular flexibility index (Phi) is 5.26. The van der Waals surface area contributed by atoms with E-state index in [1.165, 1.54) is 11.8 Å². The number of hydrogen-bond donors (Lipinski definition) is 0. The molecular formula is C17H17N3O2S. The Labute approximate surface area is 139 Å². The van der Waals surface area contributed by atoms with Gasteiger partial charge in [0, 0.05) is 17.6 Å². The smallest absolute Gasteiger partial charge is 0.276 e. The number of rotatable bonds is 7. The maximum Gasteiger partial charge on any atom is 0.276 e. The maximum absolute atomic E-state index is 5.64. The lowest BCUT2D eigenvalue weighted by Gasteiger charge is -2.03. The number of hydrogen-bond acceptors (Lipinski definition) is 6. The van der Waals surface area contributed by atoms with E-state index in [4.69, 9.17) is 9.15 Å². The number of thioether (sulfide) groups is 1. The van der Waals surface area contributed by atoms with Crippen LogP contribution in [0.2, 0.25) is 0 Å². The molecule has 2 heterocycles. The Bertz CT molecular complexity index is 746. The SMILES string of the molecule is Cc1cccc(OCc2nnc(SCCc3ccccn3)o2)c1. The van der Waals surface area contributed by atoms with Crippen LogP contribution in [0, 0.1) is 6.92 Å². The van der Waals surface area contributed by atoms with Crippen molar-refractivity contribution in [1.29, 1.82) is 0 Å². The Morgan fingerprint density at radius 3 is 2.91 bits per heavy atom. The van der Waals surface area contributed by atoms with Gasteiger partial charge in [-0.25, -0.2) is 0 Å². The minimum Gasteiger partial charge on any atom is -0.484 e. The molecule has 0 fully saturated rings. The second-order valence-corrected chi connectivity index (χ2v) is 6.03. The monoisotopic (exact) mass is 327 g/mol. The number of ether oxygens (including phenoxy) is 1. The van der Waals surface area contributed by atoms with Crippen LogP contribution in [0.1, 0.15) is 17.1 Å². The van der Waals surface area contributed by atoms with Crippen LogP contribution in [0.15, 0.2) is 58.3 Å². The predicted molar refractivity (Wildman–Crippen MR) is 88.5 cm³/mol. The Hall–Kier alpha value is -2.34. The molecule has 1 aromatic carbocycles. The molecule has 3 aromatic rings.